The van der Waals surface area contributed by atoms with Crippen LogP contribution in [-0.2, 0) is 11.3 Å². The summed E-state index contributed by atoms with van der Waals surface area (Å²) in [5.41, 5.74) is 0.459. The highest BCUT2D eigenvalue weighted by Crippen LogP contribution is 2.24. The average molecular weight is 310 g/mol. The first kappa shape index (κ1) is 13.9. The normalized spacial score (nSPS) is 10.6. The molecule has 0 radical (unpaired) electrons. The van der Waals surface area contributed by atoms with Crippen LogP contribution in [0.1, 0.15) is 5.56 Å². The molecular weight excluding hydrogens is 300 g/mol. The van der Waals surface area contributed by atoms with E-state index in [1.165, 1.54) is 6.07 Å². The second-order valence-corrected chi connectivity index (χ2v) is 4.04. The lowest BCUT2D eigenvalue weighted by atomic mass is 10.2. The van der Waals surface area contributed by atoms with Crippen LogP contribution in [0, 0.1) is 0 Å². The molecule has 0 saturated heterocycles. The number of benzene rings is 1. The van der Waals surface area contributed by atoms with Gasteiger partial charge in [-0.3, -0.25) is 4.79 Å². The molecule has 0 atom stereocenters. The number of halogens is 3. The Hall–Kier alpha value is -1.21. The topological polar surface area (TPSA) is 58.6 Å². The highest BCUT2D eigenvalue weighted by molar-refractivity contribution is 9.10. The molecule has 1 aromatic rings. The van der Waals surface area contributed by atoms with E-state index < -0.39 is 12.6 Å². The van der Waals surface area contributed by atoms with E-state index >= 15 is 0 Å². The Bertz CT molecular complexity index is 401. The van der Waals surface area contributed by atoms with Crippen LogP contribution < -0.4 is 10.1 Å². The molecule has 1 rings (SSSR count). The molecule has 0 aliphatic rings. The Labute approximate surface area is 105 Å². The maximum absolute atomic E-state index is 12.1. The van der Waals surface area contributed by atoms with Crippen molar-refractivity contribution in [1.29, 1.82) is 0 Å². The Kier molecular flexibility index (Phi) is 5.30. The van der Waals surface area contributed by atoms with Crippen molar-refractivity contribution < 1.29 is 23.4 Å². The van der Waals surface area contributed by atoms with Crippen molar-refractivity contribution in [2.75, 3.05) is 6.54 Å². The third kappa shape index (κ3) is 5.10. The summed E-state index contributed by atoms with van der Waals surface area (Å²) in [4.78, 5) is 10.3. The van der Waals surface area contributed by atoms with Gasteiger partial charge in [-0.25, -0.2) is 0 Å². The molecule has 2 N–H and O–H groups in total. The summed E-state index contributed by atoms with van der Waals surface area (Å²) in [5.74, 6) is -0.989. The van der Waals surface area contributed by atoms with Crippen molar-refractivity contribution in [2.45, 2.75) is 13.2 Å². The molecule has 0 heterocycles. The predicted molar refractivity (Wildman–Crippen MR) is 60.1 cm³/mol. The van der Waals surface area contributed by atoms with Crippen molar-refractivity contribution in [3.63, 3.8) is 0 Å². The minimum absolute atomic E-state index is 0.0288. The lowest BCUT2D eigenvalue weighted by molar-refractivity contribution is -0.136. The predicted octanol–water partition coefficient (Wildman–Crippen LogP) is 2.22. The zero-order chi connectivity index (χ0) is 12.8. The zero-order valence-electron chi connectivity index (χ0n) is 8.62. The highest BCUT2D eigenvalue weighted by atomic mass is 79.9. The third-order valence-corrected chi connectivity index (χ3v) is 2.32. The van der Waals surface area contributed by atoms with E-state index in [0.717, 1.165) is 0 Å². The van der Waals surface area contributed by atoms with Gasteiger partial charge in [-0.2, -0.15) is 8.78 Å². The first-order valence-corrected chi connectivity index (χ1v) is 5.44. The molecule has 1 aromatic carbocycles. The number of aliphatic carboxylic acids is 1. The number of carbonyl (C=O) groups is 1. The maximum Gasteiger partial charge on any atom is 0.387 e. The van der Waals surface area contributed by atoms with Crippen LogP contribution in [0.25, 0.3) is 0 Å². The Balaban J connectivity index is 2.72. The van der Waals surface area contributed by atoms with Crippen LogP contribution in [0.2, 0.25) is 0 Å². The number of rotatable bonds is 6. The molecule has 0 amide bonds. The number of hydrogen-bond acceptors (Lipinski definition) is 3. The smallest absolute Gasteiger partial charge is 0.387 e. The molecule has 0 aromatic heterocycles. The Morgan fingerprint density at radius 2 is 2.24 bits per heavy atom. The summed E-state index contributed by atoms with van der Waals surface area (Å²) in [7, 11) is 0. The van der Waals surface area contributed by atoms with Gasteiger partial charge >= 0.3 is 12.6 Å². The molecule has 94 valence electrons. The van der Waals surface area contributed by atoms with Gasteiger partial charge in [-0.15, -0.1) is 0 Å². The maximum atomic E-state index is 12.1. The molecule has 7 heteroatoms. The lowest BCUT2D eigenvalue weighted by Crippen LogP contribution is -2.22. The van der Waals surface area contributed by atoms with Crippen LogP contribution in [-0.4, -0.2) is 24.2 Å². The number of hydrogen-bond donors (Lipinski definition) is 2. The molecule has 0 unspecified atom stereocenters. The summed E-state index contributed by atoms with van der Waals surface area (Å²) in [6.45, 7) is -3.02. The molecule has 0 fully saturated rings. The standard InChI is InChI=1S/C10H10BrF2NO3/c11-7-1-2-8(17-10(12)13)6(3-7)4-14-5-9(15)16/h1-3,10,14H,4-5H2,(H,15,16). The fourth-order valence-electron chi connectivity index (χ4n) is 1.20. The van der Waals surface area contributed by atoms with Crippen LogP contribution >= 0.6 is 15.9 Å². The van der Waals surface area contributed by atoms with E-state index in [0.29, 0.717) is 10.0 Å². The first-order chi connectivity index (χ1) is 7.99. The van der Waals surface area contributed by atoms with E-state index in [-0.39, 0.29) is 18.8 Å². The zero-order valence-corrected chi connectivity index (χ0v) is 10.2. The molecule has 0 aliphatic carbocycles. The number of nitrogens with one attached hydrogen (secondary N) is 1. The van der Waals surface area contributed by atoms with E-state index in [1.807, 2.05) is 0 Å². The van der Waals surface area contributed by atoms with E-state index in [2.05, 4.69) is 26.0 Å². The number of ether oxygens (including phenoxy) is 1. The van der Waals surface area contributed by atoms with Crippen LogP contribution in [0.4, 0.5) is 8.78 Å². The van der Waals surface area contributed by atoms with Gasteiger partial charge in [0.05, 0.1) is 6.54 Å². The van der Waals surface area contributed by atoms with Gasteiger partial charge < -0.3 is 15.2 Å². The summed E-state index contributed by atoms with van der Waals surface area (Å²) in [5, 5.41) is 11.0. The summed E-state index contributed by atoms with van der Waals surface area (Å²) >= 11 is 3.20. The van der Waals surface area contributed by atoms with Crippen molar-refractivity contribution in [1.82, 2.24) is 5.32 Å². The fourth-order valence-corrected chi connectivity index (χ4v) is 1.61. The van der Waals surface area contributed by atoms with Crippen molar-refractivity contribution in [3.05, 3.63) is 28.2 Å². The van der Waals surface area contributed by atoms with E-state index in [9.17, 15) is 13.6 Å². The Morgan fingerprint density at radius 1 is 1.53 bits per heavy atom. The lowest BCUT2D eigenvalue weighted by Gasteiger charge is -2.11. The minimum atomic E-state index is -2.91. The second-order valence-electron chi connectivity index (χ2n) is 3.13. The molecule has 0 spiro atoms. The van der Waals surface area contributed by atoms with Crippen LogP contribution in [0.3, 0.4) is 0 Å². The molecule has 0 aliphatic heterocycles. The number of carboxylic acid groups (broad SMARTS) is 1. The van der Waals surface area contributed by atoms with Gasteiger partial charge in [-0.1, -0.05) is 15.9 Å². The largest absolute Gasteiger partial charge is 0.480 e. The average Bonchev–Trinajstić information content (AvgIpc) is 2.21. The van der Waals surface area contributed by atoms with Crippen LogP contribution in [0.15, 0.2) is 22.7 Å². The SMILES string of the molecule is O=C(O)CNCc1cc(Br)ccc1OC(F)F. The summed E-state index contributed by atoms with van der Waals surface area (Å²) < 4.78 is 29.2. The third-order valence-electron chi connectivity index (χ3n) is 1.83. The minimum Gasteiger partial charge on any atom is -0.480 e. The van der Waals surface area contributed by atoms with Gasteiger partial charge in [0.15, 0.2) is 0 Å². The molecular formula is C10H10BrF2NO3. The second kappa shape index (κ2) is 6.51. The monoisotopic (exact) mass is 309 g/mol. The fraction of sp³-hybridized carbons (Fsp3) is 0.300. The van der Waals surface area contributed by atoms with Gasteiger partial charge in [-0.05, 0) is 18.2 Å². The molecule has 0 saturated carbocycles. The van der Waals surface area contributed by atoms with Gasteiger partial charge in [0.25, 0.3) is 0 Å². The van der Waals surface area contributed by atoms with Crippen molar-refractivity contribution >= 4 is 21.9 Å². The first-order valence-electron chi connectivity index (χ1n) is 4.65. The van der Waals surface area contributed by atoms with Gasteiger partial charge in [0, 0.05) is 16.6 Å². The van der Waals surface area contributed by atoms with Gasteiger partial charge in [0.2, 0.25) is 0 Å². The highest BCUT2D eigenvalue weighted by Gasteiger charge is 2.10. The quantitative estimate of drug-likeness (QED) is 0.846. The van der Waals surface area contributed by atoms with Crippen molar-refractivity contribution in [3.8, 4) is 5.75 Å². The van der Waals surface area contributed by atoms with E-state index in [4.69, 9.17) is 5.11 Å². The van der Waals surface area contributed by atoms with Crippen LogP contribution in [0.5, 0.6) is 5.75 Å². The van der Waals surface area contributed by atoms with Gasteiger partial charge in [0.1, 0.15) is 5.75 Å². The molecule has 4 nitrogen and oxygen atoms in total. The molecule has 0 bridgehead atoms. The van der Waals surface area contributed by atoms with E-state index in [1.54, 1.807) is 12.1 Å². The number of carboxylic acids is 1. The van der Waals surface area contributed by atoms with Crippen molar-refractivity contribution in [2.24, 2.45) is 0 Å². The summed E-state index contributed by atoms with van der Waals surface area (Å²) in [6, 6.07) is 4.55. The molecule has 17 heavy (non-hydrogen) atoms. The summed E-state index contributed by atoms with van der Waals surface area (Å²) in [6.07, 6.45) is 0. The number of alkyl halides is 2. The Morgan fingerprint density at radius 3 is 2.82 bits per heavy atom.